The first-order valence-electron chi connectivity index (χ1n) is 9.79. The third-order valence-electron chi connectivity index (χ3n) is 4.20. The second-order valence-corrected chi connectivity index (χ2v) is 8.80. The second kappa shape index (κ2) is 11.8. The highest BCUT2D eigenvalue weighted by atomic mass is 32.2. The van der Waals surface area contributed by atoms with Crippen molar-refractivity contribution in [1.82, 2.24) is 14.9 Å². The van der Waals surface area contributed by atoms with Crippen LogP contribution in [0.4, 0.5) is 0 Å². The Balaban J connectivity index is 2.39. The van der Waals surface area contributed by atoms with Gasteiger partial charge in [0.2, 0.25) is 21.8 Å². The lowest BCUT2D eigenvalue weighted by Gasteiger charge is -2.18. The summed E-state index contributed by atoms with van der Waals surface area (Å²) in [7, 11) is -3.35. The van der Waals surface area contributed by atoms with Crippen molar-refractivity contribution in [1.29, 1.82) is 0 Å². The fourth-order valence-corrected chi connectivity index (χ4v) is 4.23. The molecule has 0 aliphatic rings. The Morgan fingerprint density at radius 3 is 2.11 bits per heavy atom. The van der Waals surface area contributed by atoms with Crippen molar-refractivity contribution in [3.8, 4) is 0 Å². The van der Waals surface area contributed by atoms with Crippen molar-refractivity contribution in [3.63, 3.8) is 0 Å². The van der Waals surface area contributed by atoms with E-state index >= 15 is 0 Å². The molecule has 0 saturated carbocycles. The molecule has 0 saturated heterocycles. The Morgan fingerprint density at radius 1 is 1.00 bits per heavy atom. The minimum Gasteiger partial charge on any atom is -0.352 e. The van der Waals surface area contributed by atoms with Gasteiger partial charge in [-0.2, -0.15) is 0 Å². The van der Waals surface area contributed by atoms with Gasteiger partial charge in [0, 0.05) is 38.5 Å². The molecular weight excluding hydrogens is 378 g/mol. The summed E-state index contributed by atoms with van der Waals surface area (Å²) in [6.07, 6.45) is 1.22. The lowest BCUT2D eigenvalue weighted by Crippen LogP contribution is -2.31. The Bertz CT molecular complexity index is 726. The monoisotopic (exact) mass is 411 g/mol. The van der Waals surface area contributed by atoms with Crippen LogP contribution in [-0.4, -0.2) is 44.3 Å². The van der Waals surface area contributed by atoms with Crippen molar-refractivity contribution in [3.05, 3.63) is 35.4 Å². The number of carbonyl (C=O) groups is 2. The summed E-state index contributed by atoms with van der Waals surface area (Å²) in [5.74, 6) is -0.0892. The minimum absolute atomic E-state index is 0.0710. The van der Waals surface area contributed by atoms with Gasteiger partial charge in [0.05, 0.1) is 5.75 Å². The van der Waals surface area contributed by atoms with Crippen LogP contribution in [0.5, 0.6) is 0 Å². The molecule has 8 heteroatoms. The molecule has 1 aromatic carbocycles. The summed E-state index contributed by atoms with van der Waals surface area (Å²) in [6, 6.07) is 6.99. The summed E-state index contributed by atoms with van der Waals surface area (Å²) in [4.78, 5) is 25.6. The summed E-state index contributed by atoms with van der Waals surface area (Å²) < 4.78 is 26.4. The first kappa shape index (κ1) is 24.1. The van der Waals surface area contributed by atoms with Gasteiger partial charge in [0.1, 0.15) is 0 Å². The van der Waals surface area contributed by atoms with E-state index in [9.17, 15) is 18.0 Å². The van der Waals surface area contributed by atoms with Gasteiger partial charge in [-0.3, -0.25) is 9.59 Å². The molecule has 2 N–H and O–H groups in total. The molecule has 1 aromatic rings. The number of hydrogen-bond acceptors (Lipinski definition) is 4. The smallest absolute Gasteiger partial charge is 0.222 e. The number of benzene rings is 1. The van der Waals surface area contributed by atoms with E-state index in [4.69, 9.17) is 0 Å². The number of carbonyl (C=O) groups excluding carboxylic acids is 2. The van der Waals surface area contributed by atoms with Gasteiger partial charge in [-0.15, -0.1) is 0 Å². The Kier molecular flexibility index (Phi) is 10.2. The number of nitrogens with one attached hydrogen (secondary N) is 2. The summed E-state index contributed by atoms with van der Waals surface area (Å²) >= 11 is 0. The maximum Gasteiger partial charge on any atom is 0.222 e. The highest BCUT2D eigenvalue weighted by Crippen LogP contribution is 2.09. The van der Waals surface area contributed by atoms with E-state index in [1.54, 1.807) is 30.9 Å². The van der Waals surface area contributed by atoms with E-state index in [0.717, 1.165) is 5.56 Å². The van der Waals surface area contributed by atoms with E-state index in [1.807, 2.05) is 26.0 Å². The highest BCUT2D eigenvalue weighted by molar-refractivity contribution is 7.88. The summed E-state index contributed by atoms with van der Waals surface area (Å²) in [5, 5.41) is 2.83. The van der Waals surface area contributed by atoms with Gasteiger partial charge < -0.3 is 10.2 Å². The Labute approximate surface area is 168 Å². The van der Waals surface area contributed by atoms with Crippen LogP contribution in [0.25, 0.3) is 0 Å². The van der Waals surface area contributed by atoms with Crippen LogP contribution in [0.1, 0.15) is 58.1 Å². The van der Waals surface area contributed by atoms with Gasteiger partial charge in [-0.25, -0.2) is 13.1 Å². The van der Waals surface area contributed by atoms with Crippen molar-refractivity contribution in [2.75, 3.05) is 13.1 Å². The standard InChI is InChI=1S/C20H33N3O4S/c1-5-23(6-2)20(25)9-7-8-19(24)21-14-17-10-12-18(13-11-17)15-28(26,27)22-16(3)4/h10-13,16,22H,5-9,14-15H2,1-4H3,(H,21,24). The Morgan fingerprint density at radius 2 is 1.57 bits per heavy atom. The molecule has 0 radical (unpaired) electrons. The fourth-order valence-electron chi connectivity index (χ4n) is 2.80. The maximum atomic E-state index is 11.9. The zero-order valence-corrected chi connectivity index (χ0v) is 18.1. The summed E-state index contributed by atoms with van der Waals surface area (Å²) in [5.41, 5.74) is 1.59. The molecule has 0 aliphatic carbocycles. The summed E-state index contributed by atoms with van der Waals surface area (Å²) in [6.45, 7) is 9.19. The molecule has 0 spiro atoms. The lowest BCUT2D eigenvalue weighted by molar-refractivity contribution is -0.131. The number of amides is 2. The van der Waals surface area contributed by atoms with Gasteiger partial charge >= 0.3 is 0 Å². The molecular formula is C20H33N3O4S. The van der Waals surface area contributed by atoms with Crippen molar-refractivity contribution in [2.24, 2.45) is 0 Å². The average Bonchev–Trinajstić information content (AvgIpc) is 2.60. The van der Waals surface area contributed by atoms with E-state index in [2.05, 4.69) is 10.0 Å². The second-order valence-electron chi connectivity index (χ2n) is 7.04. The average molecular weight is 412 g/mol. The number of sulfonamides is 1. The van der Waals surface area contributed by atoms with Crippen molar-refractivity contribution < 1.29 is 18.0 Å². The maximum absolute atomic E-state index is 11.9. The van der Waals surface area contributed by atoms with Gasteiger partial charge in [-0.05, 0) is 45.2 Å². The topological polar surface area (TPSA) is 95.6 Å². The molecule has 1 rings (SSSR count). The van der Waals surface area contributed by atoms with Crippen LogP contribution in [-0.2, 0) is 31.9 Å². The zero-order chi connectivity index (χ0) is 21.2. The van der Waals surface area contributed by atoms with E-state index in [0.29, 0.717) is 44.5 Å². The number of rotatable bonds is 12. The minimum atomic E-state index is -3.35. The van der Waals surface area contributed by atoms with Crippen LogP contribution in [0.2, 0.25) is 0 Å². The number of nitrogens with zero attached hydrogens (tertiary/aromatic N) is 1. The predicted molar refractivity (Wildman–Crippen MR) is 111 cm³/mol. The van der Waals surface area contributed by atoms with Crippen LogP contribution in [0.15, 0.2) is 24.3 Å². The molecule has 0 aromatic heterocycles. The van der Waals surface area contributed by atoms with Crippen LogP contribution >= 0.6 is 0 Å². The van der Waals surface area contributed by atoms with Crippen molar-refractivity contribution >= 4 is 21.8 Å². The highest BCUT2D eigenvalue weighted by Gasteiger charge is 2.13. The first-order chi connectivity index (χ1) is 13.2. The zero-order valence-electron chi connectivity index (χ0n) is 17.3. The normalized spacial score (nSPS) is 11.5. The van der Waals surface area contributed by atoms with Gasteiger partial charge in [0.25, 0.3) is 0 Å². The van der Waals surface area contributed by atoms with E-state index < -0.39 is 10.0 Å². The van der Waals surface area contributed by atoms with Crippen molar-refractivity contribution in [2.45, 2.75) is 65.3 Å². The molecule has 7 nitrogen and oxygen atoms in total. The predicted octanol–water partition coefficient (Wildman–Crippen LogP) is 2.17. The molecule has 0 fully saturated rings. The third-order valence-corrected chi connectivity index (χ3v) is 5.74. The molecule has 0 atom stereocenters. The SMILES string of the molecule is CCN(CC)C(=O)CCCC(=O)NCc1ccc(CS(=O)(=O)NC(C)C)cc1. The van der Waals surface area contributed by atoms with Crippen LogP contribution in [0, 0.1) is 0 Å². The largest absolute Gasteiger partial charge is 0.352 e. The first-order valence-corrected chi connectivity index (χ1v) is 11.4. The fraction of sp³-hybridized carbons (Fsp3) is 0.600. The van der Waals surface area contributed by atoms with Crippen LogP contribution < -0.4 is 10.0 Å². The lowest BCUT2D eigenvalue weighted by atomic mass is 10.1. The molecule has 28 heavy (non-hydrogen) atoms. The molecule has 0 aliphatic heterocycles. The molecule has 0 heterocycles. The molecule has 0 bridgehead atoms. The molecule has 0 unspecified atom stereocenters. The van der Waals surface area contributed by atoms with E-state index in [-0.39, 0.29) is 23.6 Å². The molecule has 158 valence electrons. The Hall–Kier alpha value is -1.93. The van der Waals surface area contributed by atoms with E-state index in [1.165, 1.54) is 0 Å². The van der Waals surface area contributed by atoms with Gasteiger partial charge in [-0.1, -0.05) is 24.3 Å². The third kappa shape index (κ3) is 9.32. The quantitative estimate of drug-likeness (QED) is 0.551. The van der Waals surface area contributed by atoms with Gasteiger partial charge in [0.15, 0.2) is 0 Å². The molecule has 2 amide bonds. The number of hydrogen-bond donors (Lipinski definition) is 2. The van der Waals surface area contributed by atoms with Crippen LogP contribution in [0.3, 0.4) is 0 Å².